The molecule has 2 amide bonds. The molecule has 4 aromatic carbocycles. The smallest absolute Gasteiger partial charge is 0.243 e. The van der Waals surface area contributed by atoms with E-state index in [0.717, 1.165) is 64.8 Å². The third-order valence-corrected chi connectivity index (χ3v) is 9.53. The molecule has 48 heavy (non-hydrogen) atoms. The summed E-state index contributed by atoms with van der Waals surface area (Å²) in [7, 11) is 0. The first-order valence-electron chi connectivity index (χ1n) is 16.6. The number of nitrogens with one attached hydrogen (secondary N) is 2. The van der Waals surface area contributed by atoms with Gasteiger partial charge in [-0.05, 0) is 64.9 Å². The summed E-state index contributed by atoms with van der Waals surface area (Å²) in [4.78, 5) is 24.7. The number of rotatable bonds is 16. The number of ether oxygens (including phenoxy) is 2. The minimum absolute atomic E-state index is 0.00244. The van der Waals surface area contributed by atoms with E-state index >= 15 is 0 Å². The number of unbranched alkanes of at least 4 members (excludes halogenated alkanes) is 3. The quantitative estimate of drug-likeness (QED) is 0.0420. The van der Waals surface area contributed by atoms with Gasteiger partial charge in [0.2, 0.25) is 11.8 Å². The number of aliphatic hydroxyl groups excluding tert-OH is 1. The largest absolute Gasteiger partial charge is 0.392 e. The minimum Gasteiger partial charge on any atom is -0.392 e. The molecule has 1 saturated heterocycles. The van der Waals surface area contributed by atoms with Gasteiger partial charge in [0, 0.05) is 42.0 Å². The van der Waals surface area contributed by atoms with Crippen molar-refractivity contribution < 1.29 is 29.4 Å². The molecule has 8 nitrogen and oxygen atoms in total. The lowest BCUT2D eigenvalue weighted by Crippen LogP contribution is -2.31. The number of hydroxylamine groups is 1. The summed E-state index contributed by atoms with van der Waals surface area (Å²) < 4.78 is 13.2. The molecule has 3 atom stereocenters. The van der Waals surface area contributed by atoms with E-state index in [9.17, 15) is 14.7 Å². The molecular weight excluding hydrogens is 625 g/mol. The number of benzene rings is 4. The molecule has 4 N–H and O–H groups in total. The van der Waals surface area contributed by atoms with Crippen LogP contribution in [0.5, 0.6) is 0 Å². The maximum absolute atomic E-state index is 12.4. The predicted molar refractivity (Wildman–Crippen MR) is 187 cm³/mol. The van der Waals surface area contributed by atoms with Crippen molar-refractivity contribution in [1.29, 1.82) is 0 Å². The fraction of sp³-hybridized carbons (Fsp3) is 0.333. The molecule has 1 aliphatic rings. The zero-order valence-corrected chi connectivity index (χ0v) is 27.9. The van der Waals surface area contributed by atoms with Crippen LogP contribution in [0.2, 0.25) is 0 Å². The van der Waals surface area contributed by atoms with Crippen LogP contribution in [0.25, 0.3) is 11.1 Å². The summed E-state index contributed by atoms with van der Waals surface area (Å²) in [5, 5.41) is 21.1. The maximum Gasteiger partial charge on any atom is 0.243 e. The van der Waals surface area contributed by atoms with Crippen molar-refractivity contribution >= 4 is 23.6 Å². The van der Waals surface area contributed by atoms with Crippen LogP contribution >= 0.6 is 11.8 Å². The molecule has 4 aromatic rings. The molecule has 0 unspecified atom stereocenters. The molecule has 0 aromatic heterocycles. The van der Waals surface area contributed by atoms with Crippen molar-refractivity contribution in [2.24, 2.45) is 0 Å². The summed E-state index contributed by atoms with van der Waals surface area (Å²) in [6, 6.07) is 34.7. The van der Waals surface area contributed by atoms with Crippen molar-refractivity contribution in [2.75, 3.05) is 5.75 Å². The lowest BCUT2D eigenvalue weighted by atomic mass is 9.99. The number of aliphatic hydroxyl groups is 1. The van der Waals surface area contributed by atoms with E-state index in [1.807, 2.05) is 66.7 Å². The molecule has 1 aliphatic heterocycles. The number of hydrogen-bond acceptors (Lipinski definition) is 7. The van der Waals surface area contributed by atoms with Crippen LogP contribution in [0.3, 0.4) is 0 Å². The Morgan fingerprint density at radius 3 is 2.17 bits per heavy atom. The third-order valence-electron chi connectivity index (χ3n) is 8.39. The number of carbonyl (C=O) groups excluding carboxylic acids is 2. The van der Waals surface area contributed by atoms with Crippen LogP contribution in [0.4, 0.5) is 0 Å². The number of amides is 2. The average Bonchev–Trinajstić information content (AvgIpc) is 3.15. The van der Waals surface area contributed by atoms with Gasteiger partial charge in [-0.25, -0.2) is 5.48 Å². The Kier molecular flexibility index (Phi) is 13.6. The molecule has 1 heterocycles. The number of thioether (sulfide) groups is 1. The zero-order valence-electron chi connectivity index (χ0n) is 27.1. The van der Waals surface area contributed by atoms with Crippen LogP contribution in [0, 0.1) is 0 Å². The predicted octanol–water partition coefficient (Wildman–Crippen LogP) is 7.65. The van der Waals surface area contributed by atoms with Gasteiger partial charge in [-0.15, -0.1) is 11.8 Å². The summed E-state index contributed by atoms with van der Waals surface area (Å²) in [5.74, 6) is 0.420. The molecule has 252 valence electrons. The van der Waals surface area contributed by atoms with Gasteiger partial charge < -0.3 is 19.9 Å². The molecule has 9 heteroatoms. The topological polar surface area (TPSA) is 117 Å². The van der Waals surface area contributed by atoms with E-state index in [4.69, 9.17) is 14.7 Å². The van der Waals surface area contributed by atoms with Crippen LogP contribution in [0.1, 0.15) is 79.6 Å². The van der Waals surface area contributed by atoms with E-state index in [2.05, 4.69) is 41.7 Å². The number of hydrogen-bond donors (Lipinski definition) is 4. The van der Waals surface area contributed by atoms with Crippen LogP contribution in [0.15, 0.2) is 108 Å². The van der Waals surface area contributed by atoms with Crippen molar-refractivity contribution in [3.8, 4) is 11.1 Å². The van der Waals surface area contributed by atoms with Gasteiger partial charge in [0.15, 0.2) is 6.29 Å². The highest BCUT2D eigenvalue weighted by Gasteiger charge is 2.32. The first kappa shape index (κ1) is 35.3. The molecular formula is C39H44N2O6S. The Balaban J connectivity index is 1.21. The molecule has 0 bridgehead atoms. The van der Waals surface area contributed by atoms with E-state index < -0.39 is 6.29 Å². The van der Waals surface area contributed by atoms with Crippen molar-refractivity contribution in [3.05, 3.63) is 125 Å². The Labute approximate surface area is 286 Å². The third kappa shape index (κ3) is 10.8. The van der Waals surface area contributed by atoms with E-state index in [-0.39, 0.29) is 37.0 Å². The van der Waals surface area contributed by atoms with Gasteiger partial charge >= 0.3 is 0 Å². The molecule has 1 fully saturated rings. The lowest BCUT2D eigenvalue weighted by Gasteiger charge is -2.36. The molecule has 0 aliphatic carbocycles. The first-order valence-corrected chi connectivity index (χ1v) is 17.6. The molecule has 5 rings (SSSR count). The fourth-order valence-electron chi connectivity index (χ4n) is 5.72. The zero-order chi connectivity index (χ0) is 33.6. The highest BCUT2D eigenvalue weighted by molar-refractivity contribution is 7.99. The Bertz CT molecular complexity index is 1600. The van der Waals surface area contributed by atoms with Crippen molar-refractivity contribution in [1.82, 2.24) is 10.8 Å². The van der Waals surface area contributed by atoms with E-state index in [0.29, 0.717) is 19.4 Å². The van der Waals surface area contributed by atoms with Crippen LogP contribution < -0.4 is 10.8 Å². The SMILES string of the molecule is O=C(CCCCCCC(=O)NCc1cccc(-c2cccc([C@H]3O[C@@H](CSc4ccccc4)C[C@@H](c4ccc(CO)cc4)O3)c2)c1)NO. The van der Waals surface area contributed by atoms with Gasteiger partial charge in [-0.2, -0.15) is 0 Å². The highest BCUT2D eigenvalue weighted by Crippen LogP contribution is 2.40. The Morgan fingerprint density at radius 1 is 0.729 bits per heavy atom. The number of carbonyl (C=O) groups is 2. The van der Waals surface area contributed by atoms with Crippen molar-refractivity contribution in [3.63, 3.8) is 0 Å². The Morgan fingerprint density at radius 2 is 1.44 bits per heavy atom. The fourth-order valence-corrected chi connectivity index (χ4v) is 6.67. The van der Waals surface area contributed by atoms with Crippen molar-refractivity contribution in [2.45, 2.75) is 81.5 Å². The highest BCUT2D eigenvalue weighted by atomic mass is 32.2. The first-order chi connectivity index (χ1) is 23.5. The molecule has 0 radical (unpaired) electrons. The van der Waals surface area contributed by atoms with E-state index in [1.165, 1.54) is 4.90 Å². The second-order valence-electron chi connectivity index (χ2n) is 12.0. The van der Waals surface area contributed by atoms with Gasteiger partial charge in [-0.3, -0.25) is 14.8 Å². The summed E-state index contributed by atoms with van der Waals surface area (Å²) in [6.07, 6.45) is 3.87. The van der Waals surface area contributed by atoms with E-state index in [1.54, 1.807) is 17.2 Å². The monoisotopic (exact) mass is 668 g/mol. The lowest BCUT2D eigenvalue weighted by molar-refractivity contribution is -0.245. The Hall–Kier alpha value is -3.99. The average molecular weight is 669 g/mol. The molecule has 0 spiro atoms. The summed E-state index contributed by atoms with van der Waals surface area (Å²) in [5.41, 5.74) is 7.59. The van der Waals surface area contributed by atoms with Gasteiger partial charge in [0.05, 0.1) is 18.8 Å². The summed E-state index contributed by atoms with van der Waals surface area (Å²) >= 11 is 1.78. The second kappa shape index (κ2) is 18.5. The normalized spacial score (nSPS) is 17.5. The van der Waals surface area contributed by atoms with Gasteiger partial charge in [0.1, 0.15) is 0 Å². The standard InChI is InChI=1S/C39H44N2O6S/c42-26-28-18-20-30(21-19-28)36-24-34(27-48-35-14-4-3-5-15-35)46-39(47-36)33-13-9-12-32(23-33)31-11-8-10-29(22-31)25-40-37(43)16-6-1-2-7-17-38(44)41-45/h3-5,8-15,18-23,34,36,39,42,45H,1-2,6-7,16-17,24-27H2,(H,40,43)(H,41,44)/t34-,36+,39+/m1/s1. The second-order valence-corrected chi connectivity index (χ2v) is 13.1. The van der Waals surface area contributed by atoms with Crippen LogP contribution in [-0.2, 0) is 32.2 Å². The molecule has 0 saturated carbocycles. The minimum atomic E-state index is -0.545. The van der Waals surface area contributed by atoms with Gasteiger partial charge in [-0.1, -0.05) is 91.7 Å². The summed E-state index contributed by atoms with van der Waals surface area (Å²) in [6.45, 7) is 0.445. The van der Waals surface area contributed by atoms with Crippen LogP contribution in [-0.4, -0.2) is 34.0 Å². The maximum atomic E-state index is 12.4. The van der Waals surface area contributed by atoms with Gasteiger partial charge in [0.25, 0.3) is 0 Å².